The van der Waals surface area contributed by atoms with Crippen LogP contribution in [0.3, 0.4) is 0 Å². The van der Waals surface area contributed by atoms with Crippen LogP contribution in [-0.4, -0.2) is 42.4 Å². The molecular weight excluding hydrogens is 394 g/mol. The minimum Gasteiger partial charge on any atom is -0.493 e. The summed E-state index contributed by atoms with van der Waals surface area (Å²) in [7, 11) is 4.73. The first-order chi connectivity index (χ1) is 15.2. The Bertz CT molecular complexity index is 1180. The minimum absolute atomic E-state index is 0.449. The molecule has 0 aliphatic heterocycles. The van der Waals surface area contributed by atoms with Crippen molar-refractivity contribution in [2.75, 3.05) is 33.2 Å². The zero-order valence-corrected chi connectivity index (χ0v) is 17.8. The number of para-hydroxylation sites is 1. The number of nitrogens with one attached hydrogen (secondary N) is 1. The van der Waals surface area contributed by atoms with E-state index in [0.717, 1.165) is 17.8 Å². The molecule has 0 aliphatic carbocycles. The summed E-state index contributed by atoms with van der Waals surface area (Å²) in [4.78, 5) is 9.08. The van der Waals surface area contributed by atoms with Crippen molar-refractivity contribution in [3.05, 3.63) is 60.4 Å². The zero-order valence-electron chi connectivity index (χ0n) is 17.8. The van der Waals surface area contributed by atoms with Crippen LogP contribution in [0.5, 0.6) is 17.2 Å². The van der Waals surface area contributed by atoms with Crippen molar-refractivity contribution in [3.63, 3.8) is 0 Å². The van der Waals surface area contributed by atoms with Gasteiger partial charge in [0.2, 0.25) is 11.7 Å². The number of methoxy groups -OCH3 is 3. The summed E-state index contributed by atoms with van der Waals surface area (Å²) in [5.74, 6) is 2.82. The van der Waals surface area contributed by atoms with Gasteiger partial charge in [-0.1, -0.05) is 18.2 Å². The fourth-order valence-corrected chi connectivity index (χ4v) is 3.62. The Balaban J connectivity index is 1.71. The fraction of sp³-hybridized carbons (Fsp3) is 0.217. The number of hydrogen-bond donors (Lipinski definition) is 2. The van der Waals surface area contributed by atoms with Crippen molar-refractivity contribution < 1.29 is 14.2 Å². The number of ether oxygens (including phenoxy) is 3. The van der Waals surface area contributed by atoms with E-state index in [-0.39, 0.29) is 0 Å². The number of aromatic nitrogens is 3. The van der Waals surface area contributed by atoms with Gasteiger partial charge in [0.25, 0.3) is 0 Å². The van der Waals surface area contributed by atoms with E-state index < -0.39 is 0 Å². The molecule has 0 fully saturated rings. The first-order valence-electron chi connectivity index (χ1n) is 9.88. The average molecular weight is 419 g/mol. The van der Waals surface area contributed by atoms with E-state index in [1.165, 1.54) is 10.9 Å². The monoisotopic (exact) mass is 419 g/mol. The van der Waals surface area contributed by atoms with Crippen LogP contribution >= 0.6 is 0 Å². The first-order valence-corrected chi connectivity index (χ1v) is 9.88. The number of nitrogens with two attached hydrogens (primary N) is 1. The zero-order chi connectivity index (χ0) is 21.8. The second kappa shape index (κ2) is 8.93. The van der Waals surface area contributed by atoms with Crippen molar-refractivity contribution in [2.24, 2.45) is 5.73 Å². The molecule has 0 amide bonds. The van der Waals surface area contributed by atoms with Crippen LogP contribution < -0.4 is 25.3 Å². The van der Waals surface area contributed by atoms with Crippen molar-refractivity contribution in [1.82, 2.24) is 14.5 Å². The maximum absolute atomic E-state index is 5.80. The van der Waals surface area contributed by atoms with E-state index in [1.807, 2.05) is 30.3 Å². The average Bonchev–Trinajstić information content (AvgIpc) is 3.17. The van der Waals surface area contributed by atoms with Crippen LogP contribution in [0.1, 0.15) is 5.56 Å². The third-order valence-corrected chi connectivity index (χ3v) is 5.02. The van der Waals surface area contributed by atoms with Gasteiger partial charge in [-0.2, -0.15) is 4.98 Å². The van der Waals surface area contributed by atoms with Crippen molar-refractivity contribution in [3.8, 4) is 23.1 Å². The molecule has 0 unspecified atom stereocenters. The second-order valence-corrected chi connectivity index (χ2v) is 6.86. The lowest BCUT2D eigenvalue weighted by Gasteiger charge is -2.15. The summed E-state index contributed by atoms with van der Waals surface area (Å²) in [5.41, 5.74) is 8.78. The molecule has 2 aromatic carbocycles. The fourth-order valence-electron chi connectivity index (χ4n) is 3.62. The van der Waals surface area contributed by atoms with Crippen LogP contribution in [0.4, 0.5) is 11.6 Å². The van der Waals surface area contributed by atoms with Crippen molar-refractivity contribution in [1.29, 1.82) is 0 Å². The van der Waals surface area contributed by atoms with E-state index in [0.29, 0.717) is 35.4 Å². The third kappa shape index (κ3) is 3.97. The molecule has 0 radical (unpaired) electrons. The largest absolute Gasteiger partial charge is 0.493 e. The maximum atomic E-state index is 5.80. The van der Waals surface area contributed by atoms with Gasteiger partial charge in [0, 0.05) is 35.6 Å². The van der Waals surface area contributed by atoms with Gasteiger partial charge in [-0.15, -0.1) is 0 Å². The van der Waals surface area contributed by atoms with Crippen molar-refractivity contribution in [2.45, 2.75) is 6.42 Å². The summed E-state index contributed by atoms with van der Waals surface area (Å²) in [6, 6.07) is 13.7. The van der Waals surface area contributed by atoms with E-state index in [4.69, 9.17) is 24.9 Å². The van der Waals surface area contributed by atoms with Gasteiger partial charge in [0.05, 0.1) is 26.8 Å². The summed E-state index contributed by atoms with van der Waals surface area (Å²) < 4.78 is 18.3. The van der Waals surface area contributed by atoms with Gasteiger partial charge in [-0.05, 0) is 30.7 Å². The van der Waals surface area contributed by atoms with Crippen LogP contribution in [0.25, 0.3) is 16.7 Å². The summed E-state index contributed by atoms with van der Waals surface area (Å²) in [6.45, 7) is 0.589. The van der Waals surface area contributed by atoms with Crippen molar-refractivity contribution >= 4 is 22.5 Å². The van der Waals surface area contributed by atoms with Crippen LogP contribution in [0.2, 0.25) is 0 Å². The molecule has 31 heavy (non-hydrogen) atoms. The molecule has 4 aromatic rings. The molecule has 2 aromatic heterocycles. The number of benzene rings is 2. The molecule has 0 bridgehead atoms. The third-order valence-electron chi connectivity index (χ3n) is 5.02. The second-order valence-electron chi connectivity index (χ2n) is 6.86. The highest BCUT2D eigenvalue weighted by Crippen LogP contribution is 2.40. The molecule has 8 nitrogen and oxygen atoms in total. The predicted octanol–water partition coefficient (Wildman–Crippen LogP) is 3.69. The highest BCUT2D eigenvalue weighted by atomic mass is 16.5. The Labute approximate surface area is 180 Å². The van der Waals surface area contributed by atoms with Gasteiger partial charge in [-0.3, -0.25) is 0 Å². The highest BCUT2D eigenvalue weighted by molar-refractivity contribution is 5.85. The number of anilines is 2. The quantitative estimate of drug-likeness (QED) is 0.450. The van der Waals surface area contributed by atoms with Crippen LogP contribution in [-0.2, 0) is 6.42 Å². The Morgan fingerprint density at radius 1 is 1.00 bits per heavy atom. The molecule has 0 atom stereocenters. The van der Waals surface area contributed by atoms with E-state index in [9.17, 15) is 0 Å². The normalized spacial score (nSPS) is 10.8. The standard InChI is InChI=1S/C23H25N5O3/c1-29-19-12-16(13-20(30-2)22(19)31-3)26-23-25-11-9-21(27-23)28-14-15(8-10-24)17-6-4-5-7-18(17)28/h4-7,9,11-14H,8,10,24H2,1-3H3,(H,25,26,27). The van der Waals surface area contributed by atoms with Gasteiger partial charge in [-0.25, -0.2) is 4.98 Å². The predicted molar refractivity (Wildman–Crippen MR) is 121 cm³/mol. The molecule has 0 spiro atoms. The minimum atomic E-state index is 0.449. The Hall–Kier alpha value is -3.78. The molecule has 2 heterocycles. The van der Waals surface area contributed by atoms with Gasteiger partial charge >= 0.3 is 0 Å². The van der Waals surface area contributed by atoms with Gasteiger partial charge in [0.15, 0.2) is 11.5 Å². The molecule has 4 rings (SSSR count). The topological polar surface area (TPSA) is 96.5 Å². The molecule has 0 aliphatic rings. The molecule has 8 heteroatoms. The Morgan fingerprint density at radius 3 is 2.42 bits per heavy atom. The summed E-state index contributed by atoms with van der Waals surface area (Å²) >= 11 is 0. The summed E-state index contributed by atoms with van der Waals surface area (Å²) in [6.07, 6.45) is 4.61. The molecule has 0 saturated heterocycles. The SMILES string of the molecule is COc1cc(Nc2nccc(-n3cc(CCN)c4ccccc43)n2)cc(OC)c1OC. The lowest BCUT2D eigenvalue weighted by atomic mass is 10.1. The lowest BCUT2D eigenvalue weighted by molar-refractivity contribution is 0.324. The molecular formula is C23H25N5O3. The highest BCUT2D eigenvalue weighted by Gasteiger charge is 2.15. The van der Waals surface area contributed by atoms with Crippen LogP contribution in [0, 0.1) is 0 Å². The Kier molecular flexibility index (Phi) is 5.90. The van der Waals surface area contributed by atoms with E-state index >= 15 is 0 Å². The van der Waals surface area contributed by atoms with Crippen LogP contribution in [0.15, 0.2) is 54.9 Å². The number of hydrogen-bond acceptors (Lipinski definition) is 7. The van der Waals surface area contributed by atoms with E-state index in [2.05, 4.69) is 33.2 Å². The molecule has 0 saturated carbocycles. The molecule has 160 valence electrons. The lowest BCUT2D eigenvalue weighted by Crippen LogP contribution is -2.04. The number of nitrogens with zero attached hydrogens (tertiary/aromatic N) is 3. The van der Waals surface area contributed by atoms with E-state index in [1.54, 1.807) is 27.5 Å². The van der Waals surface area contributed by atoms with Gasteiger partial charge in [0.1, 0.15) is 5.82 Å². The van der Waals surface area contributed by atoms with Gasteiger partial charge < -0.3 is 29.8 Å². The first kappa shape index (κ1) is 20.5. The maximum Gasteiger partial charge on any atom is 0.229 e. The Morgan fingerprint density at radius 2 is 1.74 bits per heavy atom. The number of rotatable bonds is 8. The molecule has 3 N–H and O–H groups in total. The number of fused-ring (bicyclic) bond motifs is 1. The summed E-state index contributed by atoms with van der Waals surface area (Å²) in [5, 5.41) is 4.40. The smallest absolute Gasteiger partial charge is 0.229 e.